The Morgan fingerprint density at radius 2 is 1.04 bits per heavy atom. The molecule has 1 amide bonds. The van der Waals surface area contributed by atoms with Crippen molar-refractivity contribution in [3.63, 3.8) is 0 Å². The number of rotatable bonds is 8. The number of benzene rings is 3. The molecular weight excluding hydrogens is 337 g/mol. The van der Waals surface area contributed by atoms with Crippen molar-refractivity contribution in [1.29, 1.82) is 0 Å². The number of hydrogen-bond donors (Lipinski definition) is 1. The molecule has 0 aromatic heterocycles. The Morgan fingerprint density at radius 1 is 0.654 bits per heavy atom. The standard InChI is InChI=1S/C23H26NOP/c24-23(25)18-10-11-19-26(20-12-4-1-5-13-20,21-14-6-2-7-15-21)22-16-8-3-9-17-22/h1-9,12-17,26H,10-11,18-19H2,(H2,24,25). The summed E-state index contributed by atoms with van der Waals surface area (Å²) in [6.07, 6.45) is 3.37. The van der Waals surface area contributed by atoms with E-state index in [0.29, 0.717) is 6.42 Å². The zero-order valence-electron chi connectivity index (χ0n) is 15.0. The van der Waals surface area contributed by atoms with Crippen molar-refractivity contribution in [1.82, 2.24) is 0 Å². The topological polar surface area (TPSA) is 43.1 Å². The molecule has 0 bridgehead atoms. The van der Waals surface area contributed by atoms with Crippen LogP contribution in [0, 0.1) is 0 Å². The number of nitrogens with two attached hydrogens (primary N) is 1. The maximum atomic E-state index is 11.2. The van der Waals surface area contributed by atoms with Crippen LogP contribution in [0.25, 0.3) is 0 Å². The van der Waals surface area contributed by atoms with Crippen molar-refractivity contribution >= 4 is 29.1 Å². The van der Waals surface area contributed by atoms with Crippen molar-refractivity contribution in [2.75, 3.05) is 6.16 Å². The zero-order chi connectivity index (χ0) is 18.2. The van der Waals surface area contributed by atoms with E-state index in [2.05, 4.69) is 91.0 Å². The second-order valence-electron chi connectivity index (χ2n) is 6.68. The van der Waals surface area contributed by atoms with Gasteiger partial charge in [0, 0.05) is 0 Å². The van der Waals surface area contributed by atoms with Gasteiger partial charge in [0.25, 0.3) is 0 Å². The Labute approximate surface area is 156 Å². The third-order valence-corrected chi connectivity index (χ3v) is 10.1. The molecule has 3 rings (SSSR count). The van der Waals surface area contributed by atoms with Crippen molar-refractivity contribution in [3.8, 4) is 0 Å². The molecule has 3 aromatic rings. The summed E-state index contributed by atoms with van der Waals surface area (Å²) in [4.78, 5) is 11.2. The van der Waals surface area contributed by atoms with Crippen molar-refractivity contribution < 1.29 is 4.79 Å². The Bertz CT molecular complexity index is 722. The number of carbonyl (C=O) groups excluding carboxylic acids is 1. The van der Waals surface area contributed by atoms with E-state index in [0.717, 1.165) is 19.0 Å². The van der Waals surface area contributed by atoms with Crippen LogP contribution in [0.5, 0.6) is 0 Å². The predicted molar refractivity (Wildman–Crippen MR) is 114 cm³/mol. The summed E-state index contributed by atoms with van der Waals surface area (Å²) < 4.78 is 0. The summed E-state index contributed by atoms with van der Waals surface area (Å²) >= 11 is 0. The van der Waals surface area contributed by atoms with E-state index >= 15 is 0 Å². The quantitative estimate of drug-likeness (QED) is 0.484. The molecule has 0 saturated carbocycles. The van der Waals surface area contributed by atoms with E-state index in [9.17, 15) is 4.79 Å². The van der Waals surface area contributed by atoms with E-state index in [1.54, 1.807) is 0 Å². The molecule has 0 radical (unpaired) electrons. The third-order valence-electron chi connectivity index (χ3n) is 5.02. The van der Waals surface area contributed by atoms with Crippen LogP contribution in [-0.4, -0.2) is 12.1 Å². The summed E-state index contributed by atoms with van der Waals surface area (Å²) in [5, 5.41) is 4.24. The van der Waals surface area contributed by atoms with Crippen LogP contribution in [-0.2, 0) is 4.79 Å². The molecule has 2 N–H and O–H groups in total. The van der Waals surface area contributed by atoms with E-state index < -0.39 is 7.26 Å². The fraction of sp³-hybridized carbons (Fsp3) is 0.174. The normalized spacial score (nSPS) is 11.8. The molecule has 0 spiro atoms. The number of hydrogen-bond acceptors (Lipinski definition) is 1. The monoisotopic (exact) mass is 363 g/mol. The van der Waals surface area contributed by atoms with Crippen LogP contribution in [0.2, 0.25) is 0 Å². The second kappa shape index (κ2) is 8.78. The van der Waals surface area contributed by atoms with Crippen LogP contribution in [0.3, 0.4) is 0 Å². The summed E-state index contributed by atoms with van der Waals surface area (Å²) in [5.41, 5.74) is 5.35. The van der Waals surface area contributed by atoms with Gasteiger partial charge in [0.05, 0.1) is 0 Å². The van der Waals surface area contributed by atoms with Gasteiger partial charge in [-0.2, -0.15) is 0 Å². The molecule has 0 aliphatic rings. The number of amides is 1. The molecule has 2 nitrogen and oxygen atoms in total. The number of primary amides is 1. The third kappa shape index (κ3) is 4.03. The molecule has 0 heterocycles. The average Bonchev–Trinajstić information content (AvgIpc) is 2.70. The molecule has 0 aliphatic carbocycles. The Morgan fingerprint density at radius 3 is 1.38 bits per heavy atom. The first-order chi connectivity index (χ1) is 12.7. The first-order valence-electron chi connectivity index (χ1n) is 9.18. The molecular formula is C23H26NOP. The van der Waals surface area contributed by atoms with Gasteiger partial charge in [0.1, 0.15) is 0 Å². The van der Waals surface area contributed by atoms with Crippen LogP contribution in [0.15, 0.2) is 91.0 Å². The van der Waals surface area contributed by atoms with Gasteiger partial charge in [-0.25, -0.2) is 0 Å². The van der Waals surface area contributed by atoms with Gasteiger partial charge in [0.15, 0.2) is 0 Å². The average molecular weight is 363 g/mol. The minimum atomic E-state index is -2.15. The van der Waals surface area contributed by atoms with Crippen molar-refractivity contribution in [2.24, 2.45) is 5.73 Å². The van der Waals surface area contributed by atoms with Gasteiger partial charge in [0.2, 0.25) is 0 Å². The first-order valence-corrected chi connectivity index (χ1v) is 11.4. The Kier molecular flexibility index (Phi) is 6.20. The van der Waals surface area contributed by atoms with Crippen molar-refractivity contribution in [3.05, 3.63) is 91.0 Å². The number of carbonyl (C=O) groups is 1. The van der Waals surface area contributed by atoms with Gasteiger partial charge in [-0.3, -0.25) is 0 Å². The van der Waals surface area contributed by atoms with Gasteiger partial charge in [-0.1, -0.05) is 0 Å². The summed E-state index contributed by atoms with van der Waals surface area (Å²) in [5.74, 6) is -0.212. The molecule has 3 heteroatoms. The van der Waals surface area contributed by atoms with E-state index in [4.69, 9.17) is 5.73 Å². The molecule has 0 aliphatic heterocycles. The zero-order valence-corrected chi connectivity index (χ0v) is 16.0. The van der Waals surface area contributed by atoms with Gasteiger partial charge >= 0.3 is 156 Å². The van der Waals surface area contributed by atoms with Gasteiger partial charge < -0.3 is 0 Å². The van der Waals surface area contributed by atoms with Gasteiger partial charge in [-0.15, -0.1) is 0 Å². The molecule has 0 atom stereocenters. The fourth-order valence-electron chi connectivity index (χ4n) is 3.79. The van der Waals surface area contributed by atoms with Gasteiger partial charge in [-0.05, 0) is 0 Å². The Balaban J connectivity index is 2.10. The summed E-state index contributed by atoms with van der Waals surface area (Å²) in [7, 11) is -2.15. The van der Waals surface area contributed by atoms with Crippen LogP contribution in [0.4, 0.5) is 0 Å². The molecule has 134 valence electrons. The predicted octanol–water partition coefficient (Wildman–Crippen LogP) is 3.37. The summed E-state index contributed by atoms with van der Waals surface area (Å²) in [6.45, 7) is 0. The Hall–Kier alpha value is -2.44. The fourth-order valence-corrected chi connectivity index (χ4v) is 8.72. The molecule has 0 fully saturated rings. The number of unbranched alkanes of at least 4 members (excludes halogenated alkanes) is 1. The van der Waals surface area contributed by atoms with E-state index in [1.807, 2.05) is 0 Å². The maximum absolute atomic E-state index is 11.2. The van der Waals surface area contributed by atoms with E-state index in [1.165, 1.54) is 15.9 Å². The molecule has 0 saturated heterocycles. The van der Waals surface area contributed by atoms with Crippen LogP contribution >= 0.6 is 7.26 Å². The minimum absolute atomic E-state index is 0.212. The van der Waals surface area contributed by atoms with Crippen LogP contribution < -0.4 is 21.6 Å². The van der Waals surface area contributed by atoms with Crippen molar-refractivity contribution in [2.45, 2.75) is 19.3 Å². The van der Waals surface area contributed by atoms with E-state index in [-0.39, 0.29) is 5.91 Å². The molecule has 26 heavy (non-hydrogen) atoms. The van der Waals surface area contributed by atoms with Crippen LogP contribution in [0.1, 0.15) is 19.3 Å². The molecule has 3 aromatic carbocycles. The first kappa shape index (κ1) is 18.4. The summed E-state index contributed by atoms with van der Waals surface area (Å²) in [6, 6.07) is 32.6. The SMILES string of the molecule is NC(=O)CCCC[PH](c1ccccc1)(c1ccccc1)c1ccccc1. The molecule has 0 unspecified atom stereocenters. The second-order valence-corrected chi connectivity index (χ2v) is 10.7.